The number of rotatable bonds is 0. The third-order valence-electron chi connectivity index (χ3n) is 3.16. The predicted octanol–water partition coefficient (Wildman–Crippen LogP) is -0.110. The molecule has 64 valence electrons. The van der Waals surface area contributed by atoms with Crippen molar-refractivity contribution in [1.29, 1.82) is 0 Å². The van der Waals surface area contributed by atoms with Crippen LogP contribution >= 0.6 is 0 Å². The Bertz CT molecular complexity index is 153. The molecule has 11 heavy (non-hydrogen) atoms. The van der Waals surface area contributed by atoms with Crippen molar-refractivity contribution in [3.05, 3.63) is 0 Å². The fraction of sp³-hybridized carbons (Fsp3) is 1.00. The van der Waals surface area contributed by atoms with Crippen LogP contribution in [0.5, 0.6) is 0 Å². The van der Waals surface area contributed by atoms with Crippen LogP contribution in [0.4, 0.5) is 0 Å². The molecule has 3 heteroatoms. The molecule has 3 nitrogen and oxygen atoms in total. The molecule has 0 aromatic heterocycles. The van der Waals surface area contributed by atoms with Crippen LogP contribution in [0, 0.1) is 0 Å². The quantitative estimate of drug-likeness (QED) is 0.481. The molecule has 0 radical (unpaired) electrons. The van der Waals surface area contributed by atoms with Gasteiger partial charge in [0.15, 0.2) is 0 Å². The van der Waals surface area contributed by atoms with E-state index < -0.39 is 5.72 Å². The number of hydrogen-bond acceptors (Lipinski definition) is 3. The highest BCUT2D eigenvalue weighted by Gasteiger charge is 2.43. The Balaban J connectivity index is 2.14. The van der Waals surface area contributed by atoms with Gasteiger partial charge in [-0.1, -0.05) is 0 Å². The molecule has 3 N–H and O–H groups in total. The lowest BCUT2D eigenvalue weighted by molar-refractivity contribution is -0.0394. The molecule has 0 aliphatic carbocycles. The van der Waals surface area contributed by atoms with E-state index >= 15 is 0 Å². The number of nitrogens with two attached hydrogens (primary N) is 1. The lowest BCUT2D eigenvalue weighted by Gasteiger charge is -2.39. The van der Waals surface area contributed by atoms with E-state index in [1.54, 1.807) is 0 Å². The molecule has 0 saturated carbocycles. The van der Waals surface area contributed by atoms with Crippen LogP contribution in [0.1, 0.15) is 25.7 Å². The summed E-state index contributed by atoms with van der Waals surface area (Å²) in [6.07, 6.45) is 3.92. The summed E-state index contributed by atoms with van der Waals surface area (Å²) >= 11 is 0. The molecule has 2 rings (SSSR count). The van der Waals surface area contributed by atoms with Gasteiger partial charge in [0.1, 0.15) is 5.72 Å². The molecule has 0 amide bonds. The number of nitrogens with zero attached hydrogens (tertiary/aromatic N) is 1. The van der Waals surface area contributed by atoms with Crippen molar-refractivity contribution in [2.24, 2.45) is 5.73 Å². The fourth-order valence-electron chi connectivity index (χ4n) is 2.48. The summed E-state index contributed by atoms with van der Waals surface area (Å²) in [6.45, 7) is 0. The molecule has 2 bridgehead atoms. The predicted molar refractivity (Wildman–Crippen MR) is 42.9 cm³/mol. The standard InChI is InChI=1S/C8H16N2O/c1-10-6-2-3-7(10)5-8(9,11)4-6/h6-7,11H,2-5,9H2,1H3. The van der Waals surface area contributed by atoms with Crippen molar-refractivity contribution in [1.82, 2.24) is 4.90 Å². The van der Waals surface area contributed by atoms with Crippen LogP contribution in [-0.2, 0) is 0 Å². The average Bonchev–Trinajstić information content (AvgIpc) is 2.19. The highest BCUT2D eigenvalue weighted by atomic mass is 16.3. The van der Waals surface area contributed by atoms with Crippen molar-refractivity contribution in [2.45, 2.75) is 43.5 Å². The molecule has 2 atom stereocenters. The first-order chi connectivity index (χ1) is 5.08. The second-order valence-electron chi connectivity index (χ2n) is 4.06. The van der Waals surface area contributed by atoms with Gasteiger partial charge in [0, 0.05) is 24.9 Å². The smallest absolute Gasteiger partial charge is 0.116 e. The number of piperidine rings is 1. The first-order valence-electron chi connectivity index (χ1n) is 4.32. The van der Waals surface area contributed by atoms with Crippen LogP contribution in [0.3, 0.4) is 0 Å². The molecular weight excluding hydrogens is 140 g/mol. The van der Waals surface area contributed by atoms with E-state index in [0.717, 1.165) is 12.8 Å². The SMILES string of the molecule is CN1C2CCC1CC(N)(O)C2. The molecule has 2 aliphatic heterocycles. The third-order valence-corrected chi connectivity index (χ3v) is 3.16. The van der Waals surface area contributed by atoms with E-state index in [0.29, 0.717) is 12.1 Å². The van der Waals surface area contributed by atoms with Crippen LogP contribution in [0.2, 0.25) is 0 Å². The maximum atomic E-state index is 9.62. The van der Waals surface area contributed by atoms with Gasteiger partial charge in [0.25, 0.3) is 0 Å². The van der Waals surface area contributed by atoms with E-state index in [9.17, 15) is 5.11 Å². The summed E-state index contributed by atoms with van der Waals surface area (Å²) in [7, 11) is 2.14. The molecular formula is C8H16N2O. The van der Waals surface area contributed by atoms with Crippen LogP contribution in [0.15, 0.2) is 0 Å². The zero-order valence-corrected chi connectivity index (χ0v) is 6.95. The Kier molecular flexibility index (Phi) is 1.50. The summed E-state index contributed by atoms with van der Waals surface area (Å²) in [4.78, 5) is 2.36. The molecule has 2 unspecified atom stereocenters. The van der Waals surface area contributed by atoms with Crippen molar-refractivity contribution >= 4 is 0 Å². The van der Waals surface area contributed by atoms with Gasteiger partial charge in [0.2, 0.25) is 0 Å². The molecule has 0 aromatic carbocycles. The van der Waals surface area contributed by atoms with Crippen molar-refractivity contribution < 1.29 is 5.11 Å². The first kappa shape index (κ1) is 7.53. The Morgan fingerprint density at radius 2 is 1.82 bits per heavy atom. The minimum Gasteiger partial charge on any atom is -0.376 e. The number of hydrogen-bond donors (Lipinski definition) is 2. The van der Waals surface area contributed by atoms with Crippen molar-refractivity contribution in [2.75, 3.05) is 7.05 Å². The van der Waals surface area contributed by atoms with E-state index in [-0.39, 0.29) is 0 Å². The lowest BCUT2D eigenvalue weighted by atomic mass is 9.95. The van der Waals surface area contributed by atoms with E-state index in [4.69, 9.17) is 5.73 Å². The Morgan fingerprint density at radius 1 is 1.36 bits per heavy atom. The summed E-state index contributed by atoms with van der Waals surface area (Å²) in [5.41, 5.74) is 4.81. The van der Waals surface area contributed by atoms with Gasteiger partial charge in [-0.05, 0) is 19.9 Å². The number of aliphatic hydroxyl groups is 1. The summed E-state index contributed by atoms with van der Waals surface area (Å²) in [5.74, 6) is 0. The highest BCUT2D eigenvalue weighted by Crippen LogP contribution is 2.36. The van der Waals surface area contributed by atoms with Crippen LogP contribution < -0.4 is 5.73 Å². The van der Waals surface area contributed by atoms with Crippen LogP contribution in [0.25, 0.3) is 0 Å². The van der Waals surface area contributed by atoms with Gasteiger partial charge in [-0.25, -0.2) is 0 Å². The topological polar surface area (TPSA) is 49.5 Å². The minimum atomic E-state index is -0.877. The maximum Gasteiger partial charge on any atom is 0.116 e. The normalized spacial score (nSPS) is 51.5. The second kappa shape index (κ2) is 2.19. The van der Waals surface area contributed by atoms with Gasteiger partial charge in [-0.2, -0.15) is 0 Å². The van der Waals surface area contributed by atoms with E-state index in [1.165, 1.54) is 12.8 Å². The maximum absolute atomic E-state index is 9.62. The van der Waals surface area contributed by atoms with Crippen LogP contribution in [-0.4, -0.2) is 34.9 Å². The molecule has 2 aliphatic rings. The zero-order valence-electron chi connectivity index (χ0n) is 6.95. The summed E-state index contributed by atoms with van der Waals surface area (Å²) in [6, 6.07) is 1.06. The monoisotopic (exact) mass is 156 g/mol. The van der Waals surface area contributed by atoms with Gasteiger partial charge >= 0.3 is 0 Å². The molecule has 2 saturated heterocycles. The van der Waals surface area contributed by atoms with Crippen molar-refractivity contribution in [3.8, 4) is 0 Å². The van der Waals surface area contributed by atoms with Gasteiger partial charge in [-0.3, -0.25) is 0 Å². The minimum absolute atomic E-state index is 0.531. The Hall–Kier alpha value is -0.120. The van der Waals surface area contributed by atoms with Crippen molar-refractivity contribution in [3.63, 3.8) is 0 Å². The van der Waals surface area contributed by atoms with Gasteiger partial charge in [-0.15, -0.1) is 0 Å². The fourth-order valence-corrected chi connectivity index (χ4v) is 2.48. The Labute approximate surface area is 67.2 Å². The second-order valence-corrected chi connectivity index (χ2v) is 4.06. The Morgan fingerprint density at radius 3 is 2.27 bits per heavy atom. The number of fused-ring (bicyclic) bond motifs is 2. The zero-order chi connectivity index (χ0) is 8.06. The van der Waals surface area contributed by atoms with Gasteiger partial charge in [0.05, 0.1) is 0 Å². The summed E-state index contributed by atoms with van der Waals surface area (Å²) in [5, 5.41) is 9.62. The van der Waals surface area contributed by atoms with E-state index in [1.807, 2.05) is 0 Å². The summed E-state index contributed by atoms with van der Waals surface area (Å²) < 4.78 is 0. The van der Waals surface area contributed by atoms with E-state index in [2.05, 4.69) is 11.9 Å². The third kappa shape index (κ3) is 1.17. The average molecular weight is 156 g/mol. The lowest BCUT2D eigenvalue weighted by Crippen LogP contribution is -2.54. The first-order valence-corrected chi connectivity index (χ1v) is 4.32. The molecule has 0 spiro atoms. The molecule has 2 fully saturated rings. The molecule has 2 heterocycles. The molecule has 0 aromatic rings. The largest absolute Gasteiger partial charge is 0.376 e. The highest BCUT2D eigenvalue weighted by molar-refractivity contribution is 4.97. The van der Waals surface area contributed by atoms with Gasteiger partial charge < -0.3 is 15.7 Å².